The molecule has 8 heteroatoms. The summed E-state index contributed by atoms with van der Waals surface area (Å²) in [5.74, 6) is -0.393. The van der Waals surface area contributed by atoms with Gasteiger partial charge in [0, 0.05) is 39.3 Å². The van der Waals surface area contributed by atoms with Gasteiger partial charge in [-0.3, -0.25) is 0 Å². The minimum Gasteiger partial charge on any atom is -0.465 e. The number of carbonyl (C=O) groups is 2. The zero-order valence-corrected chi connectivity index (χ0v) is 15.6. The van der Waals surface area contributed by atoms with Crippen molar-refractivity contribution in [3.05, 3.63) is 28.8 Å². The van der Waals surface area contributed by atoms with Crippen molar-refractivity contribution in [2.75, 3.05) is 51.3 Å². The van der Waals surface area contributed by atoms with Crippen LogP contribution in [0.1, 0.15) is 23.2 Å². The van der Waals surface area contributed by atoms with Crippen LogP contribution in [0, 0.1) is 0 Å². The van der Waals surface area contributed by atoms with E-state index in [-0.39, 0.29) is 12.1 Å². The molecule has 3 rings (SSSR count). The summed E-state index contributed by atoms with van der Waals surface area (Å²) in [6.07, 6.45) is 2.20. The number of anilines is 1. The number of ether oxygens (including phenoxy) is 2. The number of methoxy groups -OCH3 is 1. The van der Waals surface area contributed by atoms with Gasteiger partial charge in [-0.2, -0.15) is 0 Å². The average molecular weight is 382 g/mol. The number of nitrogens with zero attached hydrogens (tertiary/aromatic N) is 2. The number of nitrogens with one attached hydrogen (secondary N) is 1. The fraction of sp³-hybridized carbons (Fsp3) is 0.556. The molecule has 0 saturated carbocycles. The molecule has 142 valence electrons. The van der Waals surface area contributed by atoms with E-state index in [0.29, 0.717) is 43.3 Å². The van der Waals surface area contributed by atoms with Crippen LogP contribution >= 0.6 is 11.6 Å². The average Bonchev–Trinajstić information content (AvgIpc) is 3.19. The molecule has 26 heavy (non-hydrogen) atoms. The lowest BCUT2D eigenvalue weighted by atomic mass is 10.1. The second-order valence-corrected chi connectivity index (χ2v) is 6.86. The summed E-state index contributed by atoms with van der Waals surface area (Å²) in [6, 6.07) is 5.02. The molecule has 1 unspecified atom stereocenters. The molecule has 0 aromatic heterocycles. The Morgan fingerprint density at radius 2 is 2.08 bits per heavy atom. The summed E-state index contributed by atoms with van der Waals surface area (Å²) < 4.78 is 10.3. The van der Waals surface area contributed by atoms with E-state index < -0.39 is 5.97 Å². The Morgan fingerprint density at radius 3 is 2.73 bits per heavy atom. The first-order valence-electron chi connectivity index (χ1n) is 8.85. The van der Waals surface area contributed by atoms with Gasteiger partial charge in [-0.05, 0) is 31.0 Å². The number of esters is 1. The van der Waals surface area contributed by atoms with Crippen LogP contribution in [-0.2, 0) is 9.47 Å². The largest absolute Gasteiger partial charge is 0.465 e. The molecule has 0 radical (unpaired) electrons. The van der Waals surface area contributed by atoms with Gasteiger partial charge in [-0.25, -0.2) is 9.59 Å². The summed E-state index contributed by atoms with van der Waals surface area (Å²) in [7, 11) is 1.35. The zero-order valence-electron chi connectivity index (χ0n) is 14.9. The molecule has 1 aromatic rings. The van der Waals surface area contributed by atoms with Gasteiger partial charge < -0.3 is 24.6 Å². The predicted molar refractivity (Wildman–Crippen MR) is 99.0 cm³/mol. The Balaban J connectivity index is 1.54. The summed E-state index contributed by atoms with van der Waals surface area (Å²) in [5.41, 5.74) is 1.25. The lowest BCUT2D eigenvalue weighted by Crippen LogP contribution is -2.52. The van der Waals surface area contributed by atoms with Gasteiger partial charge >= 0.3 is 12.0 Å². The van der Waals surface area contributed by atoms with E-state index in [1.54, 1.807) is 23.1 Å². The number of carbonyl (C=O) groups excluding carboxylic acids is 2. The second-order valence-electron chi connectivity index (χ2n) is 6.45. The smallest absolute Gasteiger partial charge is 0.337 e. The minimum absolute atomic E-state index is 0.0606. The Hall–Kier alpha value is -1.99. The molecule has 2 amide bonds. The van der Waals surface area contributed by atoms with Crippen molar-refractivity contribution in [2.45, 2.75) is 18.9 Å². The fourth-order valence-corrected chi connectivity index (χ4v) is 3.51. The first-order valence-corrected chi connectivity index (χ1v) is 9.23. The number of hydrogen-bond acceptors (Lipinski definition) is 5. The molecule has 1 aromatic carbocycles. The Kier molecular flexibility index (Phi) is 6.21. The number of rotatable bonds is 4. The fourth-order valence-electron chi connectivity index (χ4n) is 3.27. The van der Waals surface area contributed by atoms with E-state index in [1.807, 2.05) is 0 Å². The predicted octanol–water partition coefficient (Wildman–Crippen LogP) is 2.14. The van der Waals surface area contributed by atoms with Gasteiger partial charge in [-0.1, -0.05) is 11.6 Å². The van der Waals surface area contributed by atoms with Crippen LogP contribution < -0.4 is 10.2 Å². The van der Waals surface area contributed by atoms with Crippen LogP contribution in [-0.4, -0.2) is 69.4 Å². The van der Waals surface area contributed by atoms with Crippen LogP contribution in [0.2, 0.25) is 5.02 Å². The molecule has 1 atom stereocenters. The summed E-state index contributed by atoms with van der Waals surface area (Å²) in [6.45, 7) is 3.83. The van der Waals surface area contributed by atoms with E-state index in [2.05, 4.69) is 10.2 Å². The standard InChI is InChI=1S/C18H24ClN3O4/c1-25-17(23)13-4-5-15(19)16(11-13)21-6-8-22(9-7-21)18(24)20-12-14-3-2-10-26-14/h4-5,11,14H,2-3,6-10,12H2,1H3,(H,20,24). The highest BCUT2D eigenvalue weighted by atomic mass is 35.5. The summed E-state index contributed by atoms with van der Waals surface area (Å²) >= 11 is 6.30. The number of urea groups is 1. The Labute approximate surface area is 158 Å². The number of halogens is 1. The molecule has 2 saturated heterocycles. The van der Waals surface area contributed by atoms with Gasteiger partial charge in [0.2, 0.25) is 0 Å². The van der Waals surface area contributed by atoms with Gasteiger partial charge in [0.15, 0.2) is 0 Å². The molecule has 2 aliphatic heterocycles. The molecule has 0 bridgehead atoms. The maximum absolute atomic E-state index is 12.3. The molecule has 0 spiro atoms. The van der Waals surface area contributed by atoms with Gasteiger partial charge in [-0.15, -0.1) is 0 Å². The van der Waals surface area contributed by atoms with E-state index in [0.717, 1.165) is 25.1 Å². The van der Waals surface area contributed by atoms with Crippen LogP contribution in [0.3, 0.4) is 0 Å². The van der Waals surface area contributed by atoms with E-state index in [1.165, 1.54) is 7.11 Å². The lowest BCUT2D eigenvalue weighted by molar-refractivity contribution is 0.0600. The minimum atomic E-state index is -0.393. The van der Waals surface area contributed by atoms with Gasteiger partial charge in [0.05, 0.1) is 29.5 Å². The highest BCUT2D eigenvalue weighted by Gasteiger charge is 2.24. The molecular formula is C18H24ClN3O4. The number of amides is 2. The first-order chi connectivity index (χ1) is 12.6. The van der Waals surface area contributed by atoms with Crippen molar-refractivity contribution in [1.29, 1.82) is 0 Å². The van der Waals surface area contributed by atoms with Crippen LogP contribution in [0.15, 0.2) is 18.2 Å². The number of piperazine rings is 1. The molecule has 2 fully saturated rings. The highest BCUT2D eigenvalue weighted by molar-refractivity contribution is 6.33. The highest BCUT2D eigenvalue weighted by Crippen LogP contribution is 2.28. The van der Waals surface area contributed by atoms with Crippen molar-refractivity contribution in [3.8, 4) is 0 Å². The van der Waals surface area contributed by atoms with Gasteiger partial charge in [0.1, 0.15) is 0 Å². The maximum Gasteiger partial charge on any atom is 0.337 e. The molecule has 2 heterocycles. The Bertz CT molecular complexity index is 656. The van der Waals surface area contributed by atoms with E-state index >= 15 is 0 Å². The SMILES string of the molecule is COC(=O)c1ccc(Cl)c(N2CCN(C(=O)NCC3CCCO3)CC2)c1. The Morgan fingerprint density at radius 1 is 1.31 bits per heavy atom. The quantitative estimate of drug-likeness (QED) is 0.809. The van der Waals surface area contributed by atoms with Gasteiger partial charge in [0.25, 0.3) is 0 Å². The van der Waals surface area contributed by atoms with Crippen molar-refractivity contribution in [2.24, 2.45) is 0 Å². The third kappa shape index (κ3) is 4.40. The topological polar surface area (TPSA) is 71.1 Å². The van der Waals surface area contributed by atoms with Crippen molar-refractivity contribution in [1.82, 2.24) is 10.2 Å². The van der Waals surface area contributed by atoms with Crippen molar-refractivity contribution in [3.63, 3.8) is 0 Å². The van der Waals surface area contributed by atoms with Crippen LogP contribution in [0.25, 0.3) is 0 Å². The molecular weight excluding hydrogens is 358 g/mol. The molecule has 7 nitrogen and oxygen atoms in total. The summed E-state index contributed by atoms with van der Waals surface area (Å²) in [5, 5.41) is 3.53. The zero-order chi connectivity index (χ0) is 18.5. The monoisotopic (exact) mass is 381 g/mol. The molecule has 1 N–H and O–H groups in total. The lowest BCUT2D eigenvalue weighted by Gasteiger charge is -2.36. The number of benzene rings is 1. The third-order valence-corrected chi connectivity index (χ3v) is 5.10. The van der Waals surface area contributed by atoms with Crippen molar-refractivity contribution < 1.29 is 19.1 Å². The normalized spacial score (nSPS) is 20.2. The van der Waals surface area contributed by atoms with E-state index in [4.69, 9.17) is 21.1 Å². The molecule has 2 aliphatic rings. The maximum atomic E-state index is 12.3. The second kappa shape index (κ2) is 8.60. The van der Waals surface area contributed by atoms with Crippen LogP contribution in [0.5, 0.6) is 0 Å². The first kappa shape index (κ1) is 18.8. The van der Waals surface area contributed by atoms with Crippen LogP contribution in [0.4, 0.5) is 10.5 Å². The van der Waals surface area contributed by atoms with E-state index in [9.17, 15) is 9.59 Å². The van der Waals surface area contributed by atoms with Crippen molar-refractivity contribution >= 4 is 29.3 Å². The summed E-state index contributed by atoms with van der Waals surface area (Å²) in [4.78, 5) is 27.9. The molecule has 0 aliphatic carbocycles. The third-order valence-electron chi connectivity index (χ3n) is 4.78. The number of hydrogen-bond donors (Lipinski definition) is 1.